The van der Waals surface area contributed by atoms with E-state index < -0.39 is 16.1 Å². The minimum Gasteiger partial charge on any atom is -0.443 e. The molecule has 28 heavy (non-hydrogen) atoms. The lowest BCUT2D eigenvalue weighted by atomic mass is 10.2. The number of carbonyl (C=O) groups excluding carboxylic acids is 1. The molecule has 1 N–H and O–H groups in total. The van der Waals surface area contributed by atoms with Crippen LogP contribution in [0.15, 0.2) is 58.2 Å². The van der Waals surface area contributed by atoms with Gasteiger partial charge in [0.1, 0.15) is 11.6 Å². The second-order valence-corrected chi connectivity index (χ2v) is 8.82. The predicted octanol–water partition coefficient (Wildman–Crippen LogP) is 2.95. The van der Waals surface area contributed by atoms with E-state index in [1.165, 1.54) is 10.4 Å². The van der Waals surface area contributed by atoms with Crippen LogP contribution in [0, 0.1) is 0 Å². The summed E-state index contributed by atoms with van der Waals surface area (Å²) in [6.07, 6.45) is 2.61. The minimum absolute atomic E-state index is 0.148. The van der Waals surface area contributed by atoms with E-state index in [1.54, 1.807) is 36.5 Å². The molecule has 1 amide bonds. The summed E-state index contributed by atoms with van der Waals surface area (Å²) in [7, 11) is -3.92. The fourth-order valence-corrected chi connectivity index (χ4v) is 5.12. The van der Waals surface area contributed by atoms with Crippen LogP contribution in [0.2, 0.25) is 5.02 Å². The van der Waals surface area contributed by atoms with Crippen molar-refractivity contribution in [2.24, 2.45) is 0 Å². The number of carbonyl (C=O) groups is 1. The number of nitrogens with one attached hydrogen (secondary N) is 1. The van der Waals surface area contributed by atoms with Crippen LogP contribution in [0.3, 0.4) is 0 Å². The van der Waals surface area contributed by atoms with E-state index in [1.807, 2.05) is 6.07 Å². The number of nitrogens with zero attached hydrogens (tertiary/aromatic N) is 2. The molecule has 3 aromatic rings. The number of rotatable bonds is 5. The Bertz CT molecular complexity index is 1100. The van der Waals surface area contributed by atoms with Gasteiger partial charge in [0.05, 0.1) is 12.2 Å². The van der Waals surface area contributed by atoms with Crippen LogP contribution in [-0.2, 0) is 21.4 Å². The molecule has 1 aliphatic heterocycles. The van der Waals surface area contributed by atoms with E-state index in [0.29, 0.717) is 34.5 Å². The molecule has 1 atom stereocenters. The number of hydrogen-bond acceptors (Lipinski definition) is 5. The third-order valence-electron chi connectivity index (χ3n) is 4.69. The Morgan fingerprint density at radius 1 is 1.29 bits per heavy atom. The zero-order valence-electron chi connectivity index (χ0n) is 14.8. The molecule has 2 aromatic heterocycles. The zero-order valence-corrected chi connectivity index (χ0v) is 16.4. The van der Waals surface area contributed by atoms with Gasteiger partial charge in [-0.1, -0.05) is 29.8 Å². The normalized spacial score (nSPS) is 17.8. The third kappa shape index (κ3) is 3.63. The van der Waals surface area contributed by atoms with Crippen molar-refractivity contribution in [3.63, 3.8) is 0 Å². The quantitative estimate of drug-likeness (QED) is 0.686. The Kier molecular flexibility index (Phi) is 5.09. The number of furan rings is 1. The molecular formula is C19H18ClN3O4S. The van der Waals surface area contributed by atoms with Crippen molar-refractivity contribution in [1.29, 1.82) is 0 Å². The first-order valence-electron chi connectivity index (χ1n) is 8.84. The highest BCUT2D eigenvalue weighted by molar-refractivity contribution is 7.89. The molecule has 9 heteroatoms. The van der Waals surface area contributed by atoms with Gasteiger partial charge in [0.25, 0.3) is 10.0 Å². The molecule has 4 rings (SSSR count). The summed E-state index contributed by atoms with van der Waals surface area (Å²) in [6.45, 7) is 0.446. The summed E-state index contributed by atoms with van der Waals surface area (Å²) < 4.78 is 32.9. The van der Waals surface area contributed by atoms with Crippen molar-refractivity contribution < 1.29 is 17.6 Å². The van der Waals surface area contributed by atoms with Gasteiger partial charge in [-0.15, -0.1) is 0 Å². The van der Waals surface area contributed by atoms with E-state index in [0.717, 1.165) is 0 Å². The van der Waals surface area contributed by atoms with Crippen molar-refractivity contribution in [1.82, 2.24) is 14.6 Å². The number of pyridine rings is 1. The second-order valence-electron chi connectivity index (χ2n) is 6.56. The molecule has 7 nitrogen and oxygen atoms in total. The van der Waals surface area contributed by atoms with Crippen LogP contribution >= 0.6 is 11.6 Å². The molecule has 1 fully saturated rings. The summed E-state index contributed by atoms with van der Waals surface area (Å²) in [5.74, 6) is -0.362. The Morgan fingerprint density at radius 2 is 2.11 bits per heavy atom. The predicted molar refractivity (Wildman–Crippen MR) is 104 cm³/mol. The number of aromatic nitrogens is 1. The minimum atomic E-state index is -3.92. The van der Waals surface area contributed by atoms with Crippen LogP contribution in [0.1, 0.15) is 18.5 Å². The molecule has 0 saturated carbocycles. The van der Waals surface area contributed by atoms with Crippen LogP contribution in [0.4, 0.5) is 0 Å². The second kappa shape index (κ2) is 7.54. The number of para-hydroxylation sites is 1. The van der Waals surface area contributed by atoms with E-state index in [4.69, 9.17) is 16.0 Å². The molecular weight excluding hydrogens is 402 g/mol. The van der Waals surface area contributed by atoms with Crippen LogP contribution in [-0.4, -0.2) is 36.2 Å². The number of halogens is 1. The molecule has 146 valence electrons. The molecule has 3 heterocycles. The van der Waals surface area contributed by atoms with Gasteiger partial charge in [-0.05, 0) is 31.0 Å². The maximum Gasteiger partial charge on any atom is 0.277 e. The van der Waals surface area contributed by atoms with Crippen LogP contribution < -0.4 is 5.32 Å². The fourth-order valence-electron chi connectivity index (χ4n) is 3.33. The smallest absolute Gasteiger partial charge is 0.277 e. The summed E-state index contributed by atoms with van der Waals surface area (Å²) in [5, 5.41) is 3.83. The molecule has 1 aromatic carbocycles. The van der Waals surface area contributed by atoms with Gasteiger partial charge < -0.3 is 9.73 Å². The zero-order chi connectivity index (χ0) is 19.7. The molecule has 0 bridgehead atoms. The van der Waals surface area contributed by atoms with E-state index in [-0.39, 0.29) is 24.1 Å². The van der Waals surface area contributed by atoms with E-state index >= 15 is 0 Å². The summed E-state index contributed by atoms with van der Waals surface area (Å²) in [4.78, 5) is 16.8. The highest BCUT2D eigenvalue weighted by atomic mass is 35.5. The number of benzene rings is 1. The SMILES string of the molecule is O=C(NCc1cc(Cl)ccn1)[C@@H]1CCCN1S(=O)(=O)c1cc2ccccc2o1. The van der Waals surface area contributed by atoms with Gasteiger partial charge in [-0.3, -0.25) is 9.78 Å². The monoisotopic (exact) mass is 419 g/mol. The van der Waals surface area contributed by atoms with Crippen molar-refractivity contribution in [3.05, 3.63) is 59.4 Å². The standard InChI is InChI=1S/C19H18ClN3O4S/c20-14-7-8-21-15(11-14)12-22-19(24)16-5-3-9-23(16)28(25,26)18-10-13-4-1-2-6-17(13)27-18/h1-2,4,6-8,10-11,16H,3,5,9,12H2,(H,22,24)/t16-/m0/s1. The van der Waals surface area contributed by atoms with Gasteiger partial charge in [-0.25, -0.2) is 8.42 Å². The summed E-state index contributed by atoms with van der Waals surface area (Å²) >= 11 is 5.92. The summed E-state index contributed by atoms with van der Waals surface area (Å²) in [6, 6.07) is 11.1. The Morgan fingerprint density at radius 3 is 2.89 bits per heavy atom. The van der Waals surface area contributed by atoms with Gasteiger partial charge in [-0.2, -0.15) is 4.31 Å². The van der Waals surface area contributed by atoms with Crippen molar-refractivity contribution in [3.8, 4) is 0 Å². The maximum absolute atomic E-state index is 13.1. The molecule has 0 radical (unpaired) electrons. The molecule has 0 aliphatic carbocycles. The molecule has 0 spiro atoms. The summed E-state index contributed by atoms with van der Waals surface area (Å²) in [5.41, 5.74) is 1.10. The van der Waals surface area contributed by atoms with Crippen molar-refractivity contribution >= 4 is 38.5 Å². The molecule has 1 saturated heterocycles. The van der Waals surface area contributed by atoms with Crippen molar-refractivity contribution in [2.45, 2.75) is 30.5 Å². The number of hydrogen-bond donors (Lipinski definition) is 1. The van der Waals surface area contributed by atoms with Crippen LogP contribution in [0.5, 0.6) is 0 Å². The lowest BCUT2D eigenvalue weighted by Gasteiger charge is -2.22. The number of fused-ring (bicyclic) bond motifs is 1. The van der Waals surface area contributed by atoms with Gasteiger partial charge in [0.2, 0.25) is 11.0 Å². The average molecular weight is 420 g/mol. The first-order valence-corrected chi connectivity index (χ1v) is 10.7. The first kappa shape index (κ1) is 18.9. The van der Waals surface area contributed by atoms with E-state index in [9.17, 15) is 13.2 Å². The Balaban J connectivity index is 1.52. The largest absolute Gasteiger partial charge is 0.443 e. The Labute approximate surface area is 167 Å². The lowest BCUT2D eigenvalue weighted by Crippen LogP contribution is -2.45. The topological polar surface area (TPSA) is 92.5 Å². The average Bonchev–Trinajstić information content (AvgIpc) is 3.34. The van der Waals surface area contributed by atoms with Gasteiger partial charge in [0, 0.05) is 29.2 Å². The van der Waals surface area contributed by atoms with E-state index in [2.05, 4.69) is 10.3 Å². The lowest BCUT2D eigenvalue weighted by molar-refractivity contribution is -0.124. The molecule has 1 aliphatic rings. The fraction of sp³-hybridized carbons (Fsp3) is 0.263. The maximum atomic E-state index is 13.1. The van der Waals surface area contributed by atoms with Gasteiger partial charge in [0.15, 0.2) is 0 Å². The van der Waals surface area contributed by atoms with Gasteiger partial charge >= 0.3 is 0 Å². The molecule has 0 unspecified atom stereocenters. The van der Waals surface area contributed by atoms with Crippen molar-refractivity contribution in [2.75, 3.05) is 6.54 Å². The highest BCUT2D eigenvalue weighted by Crippen LogP contribution is 2.30. The third-order valence-corrected chi connectivity index (χ3v) is 6.69. The first-order chi connectivity index (χ1) is 13.4. The Hall–Kier alpha value is -2.42. The highest BCUT2D eigenvalue weighted by Gasteiger charge is 2.41. The van der Waals surface area contributed by atoms with Crippen LogP contribution in [0.25, 0.3) is 11.0 Å². The number of sulfonamides is 1. The number of amides is 1.